The number of hydrogen-bond acceptors (Lipinski definition) is 2. The Morgan fingerprint density at radius 3 is 2.48 bits per heavy atom. The van der Waals surface area contributed by atoms with E-state index in [0.717, 1.165) is 31.5 Å². The number of hydrogen-bond donors (Lipinski definition) is 1. The third kappa shape index (κ3) is 4.44. The van der Waals surface area contributed by atoms with E-state index in [2.05, 4.69) is 30.4 Å². The first-order chi connectivity index (χ1) is 14.1. The lowest BCUT2D eigenvalue weighted by atomic mass is 9.77. The maximum absolute atomic E-state index is 12.7. The van der Waals surface area contributed by atoms with Gasteiger partial charge in [-0.05, 0) is 42.5 Å². The van der Waals surface area contributed by atoms with E-state index in [9.17, 15) is 9.59 Å². The third-order valence-corrected chi connectivity index (χ3v) is 6.32. The second kappa shape index (κ2) is 8.27. The Morgan fingerprint density at radius 1 is 1.03 bits per heavy atom. The van der Waals surface area contributed by atoms with Gasteiger partial charge in [0.05, 0.1) is 0 Å². The number of likely N-dealkylation sites (tertiary alicyclic amines) is 2. The van der Waals surface area contributed by atoms with E-state index in [0.29, 0.717) is 26.1 Å². The highest BCUT2D eigenvalue weighted by Gasteiger charge is 2.45. The Balaban J connectivity index is 1.32. The van der Waals surface area contributed by atoms with Gasteiger partial charge in [0.15, 0.2) is 0 Å². The molecular formula is C24H29N3O2. The van der Waals surface area contributed by atoms with Gasteiger partial charge in [0.2, 0.25) is 5.91 Å². The summed E-state index contributed by atoms with van der Waals surface area (Å²) in [5.41, 5.74) is 3.25. The highest BCUT2D eigenvalue weighted by molar-refractivity contribution is 5.89. The molecule has 2 aliphatic rings. The Kier molecular flexibility index (Phi) is 5.56. The van der Waals surface area contributed by atoms with E-state index in [1.165, 1.54) is 11.1 Å². The molecule has 2 heterocycles. The first-order valence-electron chi connectivity index (χ1n) is 10.5. The molecule has 1 N–H and O–H groups in total. The molecule has 2 fully saturated rings. The zero-order chi connectivity index (χ0) is 20.3. The molecule has 0 radical (unpaired) electrons. The lowest BCUT2D eigenvalue weighted by Crippen LogP contribution is -2.45. The van der Waals surface area contributed by atoms with E-state index in [1.807, 2.05) is 46.2 Å². The van der Waals surface area contributed by atoms with E-state index in [4.69, 9.17) is 0 Å². The van der Waals surface area contributed by atoms with Crippen LogP contribution in [0, 0.1) is 5.41 Å². The zero-order valence-corrected chi connectivity index (χ0v) is 17.1. The quantitative estimate of drug-likeness (QED) is 0.845. The minimum absolute atomic E-state index is 0.0186. The first kappa shape index (κ1) is 19.5. The molecule has 0 unspecified atom stereocenters. The lowest BCUT2D eigenvalue weighted by molar-refractivity contribution is -0.128. The van der Waals surface area contributed by atoms with Gasteiger partial charge in [-0.3, -0.25) is 4.79 Å². The SMILES string of the molecule is CCc1cccc(NC(=O)N2CCC3(CC2)CC(=O)N(Cc2ccccc2)C3)c1. The topological polar surface area (TPSA) is 52.7 Å². The van der Waals surface area contributed by atoms with Gasteiger partial charge in [-0.1, -0.05) is 49.4 Å². The average molecular weight is 392 g/mol. The Hall–Kier alpha value is -2.82. The van der Waals surface area contributed by atoms with Crippen molar-refractivity contribution in [3.63, 3.8) is 0 Å². The number of carbonyl (C=O) groups is 2. The maximum Gasteiger partial charge on any atom is 0.321 e. The summed E-state index contributed by atoms with van der Waals surface area (Å²) in [6.45, 7) is 4.99. The van der Waals surface area contributed by atoms with Crippen molar-refractivity contribution >= 4 is 17.6 Å². The van der Waals surface area contributed by atoms with Crippen LogP contribution in [-0.4, -0.2) is 41.4 Å². The second-order valence-electron chi connectivity index (χ2n) is 8.38. The van der Waals surface area contributed by atoms with Crippen molar-refractivity contribution in [1.29, 1.82) is 0 Å². The molecule has 0 bridgehead atoms. The van der Waals surface area contributed by atoms with Crippen LogP contribution in [0.3, 0.4) is 0 Å². The van der Waals surface area contributed by atoms with Crippen LogP contribution in [0.2, 0.25) is 0 Å². The molecule has 2 aromatic carbocycles. The first-order valence-corrected chi connectivity index (χ1v) is 10.5. The number of nitrogens with one attached hydrogen (secondary N) is 1. The summed E-state index contributed by atoms with van der Waals surface area (Å²) in [6, 6.07) is 18.1. The fraction of sp³-hybridized carbons (Fsp3) is 0.417. The lowest BCUT2D eigenvalue weighted by Gasteiger charge is -2.38. The molecule has 1 spiro atoms. The maximum atomic E-state index is 12.7. The molecule has 0 aromatic heterocycles. The number of urea groups is 1. The van der Waals surface area contributed by atoms with Crippen LogP contribution >= 0.6 is 0 Å². The van der Waals surface area contributed by atoms with Crippen molar-refractivity contribution in [3.05, 3.63) is 65.7 Å². The number of benzene rings is 2. The van der Waals surface area contributed by atoms with Gasteiger partial charge >= 0.3 is 6.03 Å². The van der Waals surface area contributed by atoms with Gasteiger partial charge in [-0.25, -0.2) is 4.79 Å². The molecule has 2 aromatic rings. The average Bonchev–Trinajstić information content (AvgIpc) is 3.03. The van der Waals surface area contributed by atoms with Crippen LogP contribution < -0.4 is 5.32 Å². The van der Waals surface area contributed by atoms with Crippen LogP contribution in [0.25, 0.3) is 0 Å². The van der Waals surface area contributed by atoms with Crippen molar-refractivity contribution in [1.82, 2.24) is 9.80 Å². The number of piperidine rings is 1. The van der Waals surface area contributed by atoms with E-state index in [1.54, 1.807) is 0 Å². The number of aryl methyl sites for hydroxylation is 1. The zero-order valence-electron chi connectivity index (χ0n) is 17.1. The van der Waals surface area contributed by atoms with Crippen molar-refractivity contribution < 1.29 is 9.59 Å². The van der Waals surface area contributed by atoms with Gasteiger partial charge in [-0.2, -0.15) is 0 Å². The number of amides is 3. The van der Waals surface area contributed by atoms with Gasteiger partial charge < -0.3 is 15.1 Å². The normalized spacial score (nSPS) is 18.3. The Morgan fingerprint density at radius 2 is 1.76 bits per heavy atom. The summed E-state index contributed by atoms with van der Waals surface area (Å²) < 4.78 is 0. The minimum Gasteiger partial charge on any atom is -0.338 e. The van der Waals surface area contributed by atoms with Crippen LogP contribution in [-0.2, 0) is 17.8 Å². The van der Waals surface area contributed by atoms with Crippen LogP contribution in [0.4, 0.5) is 10.5 Å². The van der Waals surface area contributed by atoms with E-state index in [-0.39, 0.29) is 17.4 Å². The molecule has 4 rings (SSSR count). The standard InChI is InChI=1S/C24H29N3O2/c1-2-19-9-6-10-21(15-19)25-23(29)26-13-11-24(12-14-26)16-22(28)27(18-24)17-20-7-4-3-5-8-20/h3-10,15H,2,11-14,16-18H2,1H3,(H,25,29). The van der Waals surface area contributed by atoms with Crippen LogP contribution in [0.5, 0.6) is 0 Å². The molecule has 0 aliphatic carbocycles. The predicted molar refractivity (Wildman–Crippen MR) is 115 cm³/mol. The molecule has 5 heteroatoms. The number of nitrogens with zero attached hydrogens (tertiary/aromatic N) is 2. The van der Waals surface area contributed by atoms with Gasteiger partial charge in [0.1, 0.15) is 0 Å². The van der Waals surface area contributed by atoms with Gasteiger partial charge in [0, 0.05) is 43.7 Å². The number of anilines is 1. The fourth-order valence-electron chi connectivity index (χ4n) is 4.52. The summed E-state index contributed by atoms with van der Waals surface area (Å²) in [5, 5.41) is 3.03. The van der Waals surface area contributed by atoms with Crippen molar-refractivity contribution in [2.45, 2.75) is 39.2 Å². The number of carbonyl (C=O) groups excluding carboxylic acids is 2. The Labute approximate surface area is 172 Å². The van der Waals surface area contributed by atoms with E-state index >= 15 is 0 Å². The highest BCUT2D eigenvalue weighted by Crippen LogP contribution is 2.41. The Bertz CT molecular complexity index is 873. The summed E-state index contributed by atoms with van der Waals surface area (Å²) in [4.78, 5) is 29.2. The van der Waals surface area contributed by atoms with Crippen molar-refractivity contribution in [2.75, 3.05) is 25.0 Å². The van der Waals surface area contributed by atoms with E-state index < -0.39 is 0 Å². The second-order valence-corrected chi connectivity index (χ2v) is 8.38. The molecule has 5 nitrogen and oxygen atoms in total. The summed E-state index contributed by atoms with van der Waals surface area (Å²) in [7, 11) is 0. The predicted octanol–water partition coefficient (Wildman–Crippen LogP) is 4.30. The monoisotopic (exact) mass is 391 g/mol. The highest BCUT2D eigenvalue weighted by atomic mass is 16.2. The summed E-state index contributed by atoms with van der Waals surface area (Å²) in [6.07, 6.45) is 3.32. The molecule has 0 atom stereocenters. The molecule has 2 saturated heterocycles. The fourth-order valence-corrected chi connectivity index (χ4v) is 4.52. The molecule has 29 heavy (non-hydrogen) atoms. The number of rotatable bonds is 4. The van der Waals surface area contributed by atoms with Crippen LogP contribution in [0.15, 0.2) is 54.6 Å². The smallest absolute Gasteiger partial charge is 0.321 e. The van der Waals surface area contributed by atoms with Crippen LogP contribution in [0.1, 0.15) is 37.3 Å². The molecule has 3 amide bonds. The molecule has 0 saturated carbocycles. The third-order valence-electron chi connectivity index (χ3n) is 6.32. The van der Waals surface area contributed by atoms with Gasteiger partial charge in [-0.15, -0.1) is 0 Å². The van der Waals surface area contributed by atoms with Gasteiger partial charge in [0.25, 0.3) is 0 Å². The largest absolute Gasteiger partial charge is 0.338 e. The van der Waals surface area contributed by atoms with Crippen molar-refractivity contribution in [3.8, 4) is 0 Å². The molecular weight excluding hydrogens is 362 g/mol. The van der Waals surface area contributed by atoms with Crippen molar-refractivity contribution in [2.24, 2.45) is 5.41 Å². The minimum atomic E-state index is -0.0430. The summed E-state index contributed by atoms with van der Waals surface area (Å²) in [5.74, 6) is 0.239. The summed E-state index contributed by atoms with van der Waals surface area (Å²) >= 11 is 0. The molecule has 152 valence electrons. The molecule has 2 aliphatic heterocycles.